The van der Waals surface area contributed by atoms with Crippen LogP contribution in [0.15, 0.2) is 53.4 Å². The van der Waals surface area contributed by atoms with Crippen LogP contribution in [0.1, 0.15) is 62.0 Å². The SMILES string of the molecule is C.CCN(CC)C(=O)c1ccc(C2=CC3(CCCNCC3)Oc3ccc(S(C)(=O)=O)cc32)cc1. The highest BCUT2D eigenvalue weighted by Crippen LogP contribution is 2.43. The molecule has 2 aromatic rings. The second-order valence-corrected chi connectivity index (χ2v) is 10.8. The van der Waals surface area contributed by atoms with E-state index in [1.54, 1.807) is 23.1 Å². The largest absolute Gasteiger partial charge is 0.482 e. The Hall–Kier alpha value is -2.64. The molecule has 2 heterocycles. The molecule has 7 heteroatoms. The van der Waals surface area contributed by atoms with Gasteiger partial charge in [-0.05, 0) is 87.3 Å². The molecule has 1 spiro atoms. The standard InChI is InChI=1S/C26H32N2O4S.CH4/c1-4-28(5-2)25(29)20-9-7-19(8-10-20)23-18-26(13-6-15-27-16-14-26)32-24-12-11-21(17-22(23)24)33(3,30)31;/h7-12,17-18,27H,4-6,13-16H2,1-3H3;1H4. The van der Waals surface area contributed by atoms with E-state index in [9.17, 15) is 13.2 Å². The van der Waals surface area contributed by atoms with E-state index < -0.39 is 15.4 Å². The lowest BCUT2D eigenvalue weighted by molar-refractivity contribution is 0.0773. The Morgan fingerprint density at radius 3 is 2.41 bits per heavy atom. The zero-order chi connectivity index (χ0) is 23.6. The lowest BCUT2D eigenvalue weighted by Crippen LogP contribution is -2.37. The predicted octanol–water partition coefficient (Wildman–Crippen LogP) is 4.54. The lowest BCUT2D eigenvalue weighted by atomic mass is 9.84. The topological polar surface area (TPSA) is 75.7 Å². The molecule has 2 aliphatic heterocycles. The molecule has 2 aliphatic rings. The minimum Gasteiger partial charge on any atom is -0.482 e. The number of carbonyl (C=O) groups is 1. The minimum atomic E-state index is -3.36. The number of rotatable bonds is 5. The summed E-state index contributed by atoms with van der Waals surface area (Å²) in [7, 11) is -3.36. The first kappa shape index (κ1) is 26.0. The van der Waals surface area contributed by atoms with Crippen molar-refractivity contribution in [2.45, 2.75) is 51.0 Å². The molecule has 0 aliphatic carbocycles. The summed E-state index contributed by atoms with van der Waals surface area (Å²) in [6.45, 7) is 7.09. The van der Waals surface area contributed by atoms with Crippen LogP contribution in [0.4, 0.5) is 0 Å². The molecule has 1 atom stereocenters. The molecule has 34 heavy (non-hydrogen) atoms. The number of nitrogens with one attached hydrogen (secondary N) is 1. The van der Waals surface area contributed by atoms with E-state index in [0.717, 1.165) is 49.1 Å². The number of hydrogen-bond donors (Lipinski definition) is 1. The molecular weight excluding hydrogens is 448 g/mol. The third kappa shape index (κ3) is 5.20. The summed E-state index contributed by atoms with van der Waals surface area (Å²) in [5, 5.41) is 3.44. The second-order valence-electron chi connectivity index (χ2n) is 8.81. The number of amides is 1. The first-order valence-corrected chi connectivity index (χ1v) is 13.5. The summed E-state index contributed by atoms with van der Waals surface area (Å²) in [5.41, 5.74) is 2.87. The van der Waals surface area contributed by atoms with E-state index in [0.29, 0.717) is 24.4 Å². The Balaban J connectivity index is 0.00000324. The van der Waals surface area contributed by atoms with Crippen LogP contribution in [0.25, 0.3) is 5.57 Å². The lowest BCUT2D eigenvalue weighted by Gasteiger charge is -2.36. The van der Waals surface area contributed by atoms with E-state index in [1.165, 1.54) is 6.26 Å². The molecule has 6 nitrogen and oxygen atoms in total. The van der Waals surface area contributed by atoms with Crippen LogP contribution in [-0.4, -0.2) is 57.3 Å². The maximum atomic E-state index is 12.7. The first-order valence-electron chi connectivity index (χ1n) is 11.6. The van der Waals surface area contributed by atoms with Crippen LogP contribution in [0.2, 0.25) is 0 Å². The molecule has 1 fully saturated rings. The number of carbonyl (C=O) groups excluding carboxylic acids is 1. The molecule has 2 aromatic carbocycles. The van der Waals surface area contributed by atoms with Gasteiger partial charge in [0, 0.05) is 36.9 Å². The summed E-state index contributed by atoms with van der Waals surface area (Å²) in [4.78, 5) is 14.8. The van der Waals surface area contributed by atoms with E-state index >= 15 is 0 Å². The Morgan fingerprint density at radius 2 is 1.76 bits per heavy atom. The van der Waals surface area contributed by atoms with Gasteiger partial charge < -0.3 is 15.0 Å². The van der Waals surface area contributed by atoms with E-state index in [1.807, 2.05) is 38.1 Å². The Morgan fingerprint density at radius 1 is 1.06 bits per heavy atom. The number of ether oxygens (including phenoxy) is 1. The Kier molecular flexibility index (Phi) is 7.88. The van der Waals surface area contributed by atoms with E-state index in [4.69, 9.17) is 4.74 Å². The summed E-state index contributed by atoms with van der Waals surface area (Å²) >= 11 is 0. The van der Waals surface area contributed by atoms with Crippen molar-refractivity contribution in [2.24, 2.45) is 0 Å². The molecule has 1 N–H and O–H groups in total. The van der Waals surface area contributed by atoms with Gasteiger partial charge in [0.05, 0.1) is 4.90 Å². The number of fused-ring (bicyclic) bond motifs is 1. The molecule has 184 valence electrons. The van der Waals surface area contributed by atoms with Crippen LogP contribution in [0.3, 0.4) is 0 Å². The fourth-order valence-corrected chi connectivity index (χ4v) is 5.31. The van der Waals surface area contributed by atoms with Crippen molar-refractivity contribution < 1.29 is 17.9 Å². The molecule has 0 aromatic heterocycles. The van der Waals surface area contributed by atoms with Crippen LogP contribution in [0.5, 0.6) is 5.75 Å². The van der Waals surface area contributed by atoms with Gasteiger partial charge in [-0.3, -0.25) is 4.79 Å². The first-order chi connectivity index (χ1) is 15.8. The van der Waals surface area contributed by atoms with Crippen molar-refractivity contribution >= 4 is 21.3 Å². The minimum absolute atomic E-state index is 0. The zero-order valence-electron chi connectivity index (χ0n) is 19.6. The van der Waals surface area contributed by atoms with Crippen LogP contribution in [0, 0.1) is 0 Å². The number of benzene rings is 2. The number of sulfone groups is 1. The van der Waals surface area contributed by atoms with Crippen molar-refractivity contribution in [2.75, 3.05) is 32.4 Å². The second kappa shape index (κ2) is 10.3. The third-order valence-electron chi connectivity index (χ3n) is 6.56. The highest BCUT2D eigenvalue weighted by molar-refractivity contribution is 7.90. The molecule has 4 rings (SSSR count). The summed E-state index contributed by atoms with van der Waals surface area (Å²) in [6.07, 6.45) is 6.10. The van der Waals surface area contributed by atoms with Crippen molar-refractivity contribution in [1.29, 1.82) is 0 Å². The maximum Gasteiger partial charge on any atom is 0.253 e. The van der Waals surface area contributed by atoms with Crippen LogP contribution in [-0.2, 0) is 9.84 Å². The smallest absolute Gasteiger partial charge is 0.253 e. The van der Waals surface area contributed by atoms with Crippen molar-refractivity contribution in [3.05, 3.63) is 65.2 Å². The van der Waals surface area contributed by atoms with Gasteiger partial charge in [0.15, 0.2) is 9.84 Å². The molecule has 0 radical (unpaired) electrons. The highest BCUT2D eigenvalue weighted by Gasteiger charge is 2.36. The quantitative estimate of drug-likeness (QED) is 0.674. The van der Waals surface area contributed by atoms with Gasteiger partial charge in [-0.2, -0.15) is 0 Å². The Labute approximate surface area is 203 Å². The fourth-order valence-electron chi connectivity index (χ4n) is 4.66. The number of nitrogens with zero attached hydrogens (tertiary/aromatic N) is 1. The molecular formula is C27H36N2O4S. The third-order valence-corrected chi connectivity index (χ3v) is 7.67. The van der Waals surface area contributed by atoms with Crippen LogP contribution < -0.4 is 10.1 Å². The average molecular weight is 485 g/mol. The predicted molar refractivity (Wildman–Crippen MR) is 137 cm³/mol. The van der Waals surface area contributed by atoms with Crippen molar-refractivity contribution in [1.82, 2.24) is 10.2 Å². The van der Waals surface area contributed by atoms with Gasteiger partial charge in [0.2, 0.25) is 0 Å². The van der Waals surface area contributed by atoms with Gasteiger partial charge in [-0.25, -0.2) is 8.42 Å². The van der Waals surface area contributed by atoms with Gasteiger partial charge in [0.1, 0.15) is 11.4 Å². The molecule has 1 saturated heterocycles. The zero-order valence-corrected chi connectivity index (χ0v) is 20.4. The highest BCUT2D eigenvalue weighted by atomic mass is 32.2. The fraction of sp³-hybridized carbons (Fsp3) is 0.444. The van der Waals surface area contributed by atoms with Gasteiger partial charge in [-0.1, -0.05) is 19.6 Å². The van der Waals surface area contributed by atoms with Gasteiger partial charge >= 0.3 is 0 Å². The molecule has 1 unspecified atom stereocenters. The van der Waals surface area contributed by atoms with Crippen molar-refractivity contribution in [3.8, 4) is 5.75 Å². The monoisotopic (exact) mass is 484 g/mol. The summed E-state index contributed by atoms with van der Waals surface area (Å²) in [5.74, 6) is 0.712. The molecule has 0 saturated carbocycles. The summed E-state index contributed by atoms with van der Waals surface area (Å²) in [6, 6.07) is 12.7. The Bertz CT molecular complexity index is 1160. The average Bonchev–Trinajstić information content (AvgIpc) is 3.03. The summed E-state index contributed by atoms with van der Waals surface area (Å²) < 4.78 is 31.0. The maximum absolute atomic E-state index is 12.7. The van der Waals surface area contributed by atoms with Crippen molar-refractivity contribution in [3.63, 3.8) is 0 Å². The van der Waals surface area contributed by atoms with Gasteiger partial charge in [0.25, 0.3) is 5.91 Å². The van der Waals surface area contributed by atoms with E-state index in [-0.39, 0.29) is 18.2 Å². The van der Waals surface area contributed by atoms with E-state index in [2.05, 4.69) is 11.4 Å². The molecule has 1 amide bonds. The van der Waals surface area contributed by atoms with Crippen LogP contribution >= 0.6 is 0 Å². The number of hydrogen-bond acceptors (Lipinski definition) is 5. The molecule has 0 bridgehead atoms. The van der Waals surface area contributed by atoms with Gasteiger partial charge in [-0.15, -0.1) is 0 Å². The normalized spacial score (nSPS) is 19.8.